The van der Waals surface area contributed by atoms with Crippen LogP contribution in [0.3, 0.4) is 0 Å². The van der Waals surface area contributed by atoms with Crippen LogP contribution < -0.4 is 0 Å². The minimum absolute atomic E-state index is 0.328. The summed E-state index contributed by atoms with van der Waals surface area (Å²) in [4.78, 5) is 12.0. The van der Waals surface area contributed by atoms with Gasteiger partial charge in [-0.3, -0.25) is 0 Å². The molecule has 0 saturated heterocycles. The summed E-state index contributed by atoms with van der Waals surface area (Å²) < 4.78 is 39.6. The number of rotatable bonds is 3. The predicted molar refractivity (Wildman–Crippen MR) is 76.7 cm³/mol. The molecule has 0 saturated carbocycles. The lowest BCUT2D eigenvalue weighted by Crippen LogP contribution is -2.12. The normalized spacial score (nSPS) is 11.4. The average molecular weight is 377 g/mol. The zero-order valence-corrected chi connectivity index (χ0v) is 12.7. The second-order valence-electron chi connectivity index (χ2n) is 4.07. The molecule has 7 heteroatoms. The number of alkyl halides is 3. The monoisotopic (exact) mass is 376 g/mol. The largest absolute Gasteiger partial charge is 0.478 e. The van der Waals surface area contributed by atoms with Crippen LogP contribution in [0.15, 0.2) is 56.7 Å². The van der Waals surface area contributed by atoms with E-state index in [1.54, 1.807) is 24.3 Å². The Morgan fingerprint density at radius 3 is 2.14 bits per heavy atom. The maximum absolute atomic E-state index is 12.9. The van der Waals surface area contributed by atoms with Gasteiger partial charge in [-0.05, 0) is 42.5 Å². The third kappa shape index (κ3) is 4.01. The Balaban J connectivity index is 2.38. The van der Waals surface area contributed by atoms with E-state index in [0.717, 1.165) is 33.3 Å². The van der Waals surface area contributed by atoms with Crippen LogP contribution >= 0.6 is 27.7 Å². The van der Waals surface area contributed by atoms with Gasteiger partial charge in [0, 0.05) is 14.3 Å². The molecule has 0 radical (unpaired) electrons. The van der Waals surface area contributed by atoms with Crippen molar-refractivity contribution in [3.63, 3.8) is 0 Å². The molecule has 21 heavy (non-hydrogen) atoms. The lowest BCUT2D eigenvalue weighted by Gasteiger charge is -2.12. The van der Waals surface area contributed by atoms with Gasteiger partial charge in [0.1, 0.15) is 0 Å². The van der Waals surface area contributed by atoms with Gasteiger partial charge < -0.3 is 5.11 Å². The van der Waals surface area contributed by atoms with Crippen molar-refractivity contribution in [2.45, 2.75) is 16.0 Å². The first-order valence-corrected chi connectivity index (χ1v) is 7.26. The van der Waals surface area contributed by atoms with E-state index in [2.05, 4.69) is 15.9 Å². The van der Waals surface area contributed by atoms with E-state index in [0.29, 0.717) is 4.90 Å². The van der Waals surface area contributed by atoms with E-state index >= 15 is 0 Å². The van der Waals surface area contributed by atoms with Crippen LogP contribution in [0.25, 0.3) is 0 Å². The van der Waals surface area contributed by atoms with E-state index in [4.69, 9.17) is 5.11 Å². The lowest BCUT2D eigenvalue weighted by molar-refractivity contribution is -0.138. The van der Waals surface area contributed by atoms with Crippen molar-refractivity contribution in [1.29, 1.82) is 0 Å². The molecule has 110 valence electrons. The van der Waals surface area contributed by atoms with Gasteiger partial charge in [0.2, 0.25) is 0 Å². The molecule has 0 aliphatic rings. The summed E-state index contributed by atoms with van der Waals surface area (Å²) in [5, 5.41) is 8.83. The molecular weight excluding hydrogens is 369 g/mol. The van der Waals surface area contributed by atoms with Crippen LogP contribution in [0.1, 0.15) is 15.9 Å². The Labute approximate surface area is 131 Å². The maximum Gasteiger partial charge on any atom is 0.417 e. The molecule has 0 unspecified atom stereocenters. The number of halogens is 4. The molecule has 0 heterocycles. The second-order valence-corrected chi connectivity index (χ2v) is 6.13. The summed E-state index contributed by atoms with van der Waals surface area (Å²) in [6.07, 6.45) is -4.70. The Bertz CT molecular complexity index is 669. The van der Waals surface area contributed by atoms with Crippen molar-refractivity contribution in [3.8, 4) is 0 Å². The first-order chi connectivity index (χ1) is 9.77. The van der Waals surface area contributed by atoms with Crippen LogP contribution in [0, 0.1) is 0 Å². The number of carboxylic acid groups (broad SMARTS) is 1. The molecule has 0 amide bonds. The molecule has 1 N–H and O–H groups in total. The molecule has 0 aliphatic carbocycles. The summed E-state index contributed by atoms with van der Waals surface area (Å²) >= 11 is 4.40. The highest BCUT2D eigenvalue weighted by atomic mass is 79.9. The maximum atomic E-state index is 12.9. The summed E-state index contributed by atoms with van der Waals surface area (Å²) in [5.74, 6) is -1.59. The first-order valence-electron chi connectivity index (χ1n) is 5.65. The van der Waals surface area contributed by atoms with Crippen molar-refractivity contribution >= 4 is 33.7 Å². The molecule has 0 spiro atoms. The Hall–Kier alpha value is -1.47. The molecule has 2 aromatic rings. The quantitative estimate of drug-likeness (QED) is 0.787. The van der Waals surface area contributed by atoms with Crippen LogP contribution in [0.5, 0.6) is 0 Å². The minimum atomic E-state index is -4.70. The number of benzene rings is 2. The number of carbonyl (C=O) groups is 1. The topological polar surface area (TPSA) is 37.3 Å². The van der Waals surface area contributed by atoms with Gasteiger partial charge in [-0.15, -0.1) is 0 Å². The van der Waals surface area contributed by atoms with Gasteiger partial charge in [0.05, 0.1) is 11.1 Å². The van der Waals surface area contributed by atoms with E-state index in [-0.39, 0.29) is 0 Å². The minimum Gasteiger partial charge on any atom is -0.478 e. The fraction of sp³-hybridized carbons (Fsp3) is 0.0714. The highest BCUT2D eigenvalue weighted by Crippen LogP contribution is 2.36. The number of carboxylic acids is 1. The molecule has 0 aliphatic heterocycles. The fourth-order valence-electron chi connectivity index (χ4n) is 1.65. The third-order valence-electron chi connectivity index (χ3n) is 2.58. The van der Waals surface area contributed by atoms with Gasteiger partial charge in [0.25, 0.3) is 0 Å². The summed E-state index contributed by atoms with van der Waals surface area (Å²) in [6.45, 7) is 0. The molecule has 2 rings (SSSR count). The second kappa shape index (κ2) is 6.11. The predicted octanol–water partition coefficient (Wildman–Crippen LogP) is 5.32. The summed E-state index contributed by atoms with van der Waals surface area (Å²) in [6, 6.07) is 10.3. The zero-order valence-electron chi connectivity index (χ0n) is 10.3. The molecular formula is C14H8BrF3O2S. The molecule has 2 nitrogen and oxygen atoms in total. The van der Waals surface area contributed by atoms with Gasteiger partial charge in [-0.1, -0.05) is 27.7 Å². The van der Waals surface area contributed by atoms with Crippen LogP contribution in [0.2, 0.25) is 0 Å². The Morgan fingerprint density at radius 1 is 1.05 bits per heavy atom. The first kappa shape index (κ1) is 15.9. The van der Waals surface area contributed by atoms with E-state index < -0.39 is 23.3 Å². The van der Waals surface area contributed by atoms with E-state index in [1.165, 1.54) is 6.07 Å². The van der Waals surface area contributed by atoms with Crippen molar-refractivity contribution in [2.75, 3.05) is 0 Å². The highest BCUT2D eigenvalue weighted by Gasteiger charge is 2.35. The van der Waals surface area contributed by atoms with Crippen LogP contribution in [0.4, 0.5) is 13.2 Å². The summed E-state index contributed by atoms with van der Waals surface area (Å²) in [5.41, 5.74) is -1.89. The molecule has 0 bridgehead atoms. The third-order valence-corrected chi connectivity index (χ3v) is 4.10. The molecule has 0 atom stereocenters. The van der Waals surface area contributed by atoms with E-state index in [1.807, 2.05) is 0 Å². The van der Waals surface area contributed by atoms with Crippen molar-refractivity contribution in [2.24, 2.45) is 0 Å². The fourth-order valence-corrected chi connectivity index (χ4v) is 2.77. The number of aromatic carboxylic acids is 1. The number of hydrogen-bond acceptors (Lipinski definition) is 2. The van der Waals surface area contributed by atoms with Crippen molar-refractivity contribution in [1.82, 2.24) is 0 Å². The smallest absolute Gasteiger partial charge is 0.417 e. The standard InChI is InChI=1S/C14H8BrF3O2S/c15-8-1-3-9(4-2-8)21-10-5-6-11(13(19)20)12(7-10)14(16,17)18/h1-7H,(H,19,20). The molecule has 0 aromatic heterocycles. The van der Waals surface area contributed by atoms with Crippen molar-refractivity contribution in [3.05, 3.63) is 58.1 Å². The van der Waals surface area contributed by atoms with Crippen LogP contribution in [-0.2, 0) is 6.18 Å². The Kier molecular flexibility index (Phi) is 4.63. The molecule has 2 aromatic carbocycles. The van der Waals surface area contributed by atoms with Crippen molar-refractivity contribution < 1.29 is 23.1 Å². The number of hydrogen-bond donors (Lipinski definition) is 1. The van der Waals surface area contributed by atoms with Gasteiger partial charge in [0.15, 0.2) is 0 Å². The van der Waals surface area contributed by atoms with Gasteiger partial charge in [-0.25, -0.2) is 4.79 Å². The van der Waals surface area contributed by atoms with Gasteiger partial charge >= 0.3 is 12.1 Å². The summed E-state index contributed by atoms with van der Waals surface area (Å²) in [7, 11) is 0. The Morgan fingerprint density at radius 2 is 1.62 bits per heavy atom. The molecule has 0 fully saturated rings. The van der Waals surface area contributed by atoms with Gasteiger partial charge in [-0.2, -0.15) is 13.2 Å². The van der Waals surface area contributed by atoms with E-state index in [9.17, 15) is 18.0 Å². The van der Waals surface area contributed by atoms with Crippen LogP contribution in [-0.4, -0.2) is 11.1 Å². The zero-order chi connectivity index (χ0) is 15.6. The highest BCUT2D eigenvalue weighted by molar-refractivity contribution is 9.10. The lowest BCUT2D eigenvalue weighted by atomic mass is 10.1. The average Bonchev–Trinajstić information content (AvgIpc) is 2.40. The SMILES string of the molecule is O=C(O)c1ccc(Sc2ccc(Br)cc2)cc1C(F)(F)F.